The second-order valence-electron chi connectivity index (χ2n) is 4.81. The second-order valence-corrected chi connectivity index (χ2v) is 6.74. The normalized spacial score (nSPS) is 15.8. The molecular formula is C11H21N5O2S. The van der Waals surface area contributed by atoms with E-state index in [1.54, 1.807) is 17.1 Å². The van der Waals surface area contributed by atoms with Crippen LogP contribution in [-0.4, -0.2) is 48.3 Å². The molecule has 1 heterocycles. The number of nitrogens with zero attached hydrogens (tertiary/aromatic N) is 3. The number of hydrogen-bond acceptors (Lipinski definition) is 5. The maximum absolute atomic E-state index is 11.7. The lowest BCUT2D eigenvalue weighted by molar-refractivity contribution is 0.549. The quantitative estimate of drug-likeness (QED) is 0.578. The molecule has 1 aliphatic rings. The number of aromatic nitrogens is 3. The Morgan fingerprint density at radius 3 is 2.79 bits per heavy atom. The molecule has 1 aromatic rings. The minimum Gasteiger partial charge on any atom is -0.314 e. The first-order valence-electron chi connectivity index (χ1n) is 6.70. The standard InChI is InChI=1S/C11H21N5O2S/c17-19(18,10-2-1-5-12-11-3-4-11)14-7-9-16-8-6-13-15-16/h6,8,11-12,14H,1-5,7,9-10H2. The van der Waals surface area contributed by atoms with Crippen LogP contribution in [0.4, 0.5) is 0 Å². The molecule has 0 spiro atoms. The number of sulfonamides is 1. The van der Waals surface area contributed by atoms with E-state index in [1.165, 1.54) is 12.8 Å². The summed E-state index contributed by atoms with van der Waals surface area (Å²) in [5.41, 5.74) is 0. The first kappa shape index (κ1) is 14.4. The summed E-state index contributed by atoms with van der Waals surface area (Å²) >= 11 is 0. The van der Waals surface area contributed by atoms with Crippen molar-refractivity contribution in [1.29, 1.82) is 0 Å². The molecule has 2 N–H and O–H groups in total. The molecule has 0 unspecified atom stereocenters. The van der Waals surface area contributed by atoms with Gasteiger partial charge in [-0.1, -0.05) is 5.21 Å². The van der Waals surface area contributed by atoms with E-state index < -0.39 is 10.0 Å². The van der Waals surface area contributed by atoms with Gasteiger partial charge in [0, 0.05) is 18.8 Å². The molecule has 7 nitrogen and oxygen atoms in total. The third-order valence-electron chi connectivity index (χ3n) is 2.99. The maximum Gasteiger partial charge on any atom is 0.211 e. The number of nitrogens with one attached hydrogen (secondary N) is 2. The topological polar surface area (TPSA) is 88.9 Å². The highest BCUT2D eigenvalue weighted by molar-refractivity contribution is 7.89. The maximum atomic E-state index is 11.7. The molecule has 2 rings (SSSR count). The van der Waals surface area contributed by atoms with Crippen LogP contribution < -0.4 is 10.0 Å². The largest absolute Gasteiger partial charge is 0.314 e. The predicted octanol–water partition coefficient (Wildman–Crippen LogP) is -0.270. The molecule has 0 bridgehead atoms. The molecule has 1 aliphatic carbocycles. The molecule has 108 valence electrons. The molecule has 1 aromatic heterocycles. The van der Waals surface area contributed by atoms with E-state index in [0.717, 1.165) is 13.0 Å². The summed E-state index contributed by atoms with van der Waals surface area (Å²) in [6, 6.07) is 0.692. The fraction of sp³-hybridized carbons (Fsp3) is 0.818. The highest BCUT2D eigenvalue weighted by Gasteiger charge is 2.19. The van der Waals surface area contributed by atoms with Gasteiger partial charge >= 0.3 is 0 Å². The lowest BCUT2D eigenvalue weighted by atomic mass is 10.3. The van der Waals surface area contributed by atoms with Crippen LogP contribution in [0.15, 0.2) is 12.4 Å². The van der Waals surface area contributed by atoms with E-state index >= 15 is 0 Å². The number of unbranched alkanes of at least 4 members (excludes halogenated alkanes) is 1. The Bertz CT molecular complexity index is 455. The molecule has 0 amide bonds. The molecule has 0 aliphatic heterocycles. The van der Waals surface area contributed by atoms with Gasteiger partial charge in [-0.15, -0.1) is 5.10 Å². The smallest absolute Gasteiger partial charge is 0.211 e. The van der Waals surface area contributed by atoms with E-state index in [4.69, 9.17) is 0 Å². The van der Waals surface area contributed by atoms with Gasteiger partial charge in [0.15, 0.2) is 0 Å². The zero-order chi connectivity index (χ0) is 13.6. The van der Waals surface area contributed by atoms with Gasteiger partial charge in [-0.25, -0.2) is 13.1 Å². The summed E-state index contributed by atoms with van der Waals surface area (Å²) in [6.07, 6.45) is 7.41. The van der Waals surface area contributed by atoms with E-state index in [9.17, 15) is 8.42 Å². The molecule has 0 saturated heterocycles. The Kier molecular flexibility index (Phi) is 5.29. The van der Waals surface area contributed by atoms with Crippen molar-refractivity contribution in [2.45, 2.75) is 38.3 Å². The molecule has 1 fully saturated rings. The van der Waals surface area contributed by atoms with Crippen molar-refractivity contribution in [1.82, 2.24) is 25.0 Å². The third-order valence-corrected chi connectivity index (χ3v) is 4.46. The van der Waals surface area contributed by atoms with Crippen molar-refractivity contribution in [3.05, 3.63) is 12.4 Å². The van der Waals surface area contributed by atoms with Gasteiger partial charge < -0.3 is 5.32 Å². The Hall–Kier alpha value is -0.990. The summed E-state index contributed by atoms with van der Waals surface area (Å²) in [5, 5.41) is 10.8. The monoisotopic (exact) mass is 287 g/mol. The van der Waals surface area contributed by atoms with Gasteiger partial charge in [-0.3, -0.25) is 4.68 Å². The van der Waals surface area contributed by atoms with Crippen LogP contribution in [0, 0.1) is 0 Å². The minimum absolute atomic E-state index is 0.191. The SMILES string of the molecule is O=S(=O)(CCCCNC1CC1)NCCn1ccnn1. The predicted molar refractivity (Wildman–Crippen MR) is 72.1 cm³/mol. The van der Waals surface area contributed by atoms with Gasteiger partial charge in [0.1, 0.15) is 0 Å². The molecule has 8 heteroatoms. The Morgan fingerprint density at radius 2 is 2.11 bits per heavy atom. The van der Waals surface area contributed by atoms with Crippen molar-refractivity contribution in [2.24, 2.45) is 0 Å². The first-order chi connectivity index (χ1) is 9.16. The summed E-state index contributed by atoms with van der Waals surface area (Å²) in [4.78, 5) is 0. The fourth-order valence-corrected chi connectivity index (χ4v) is 2.88. The molecular weight excluding hydrogens is 266 g/mol. The highest BCUT2D eigenvalue weighted by atomic mass is 32.2. The van der Waals surface area contributed by atoms with E-state index in [0.29, 0.717) is 25.6 Å². The zero-order valence-corrected chi connectivity index (χ0v) is 11.8. The van der Waals surface area contributed by atoms with Gasteiger partial charge in [-0.2, -0.15) is 0 Å². The molecule has 0 aromatic carbocycles. The van der Waals surface area contributed by atoms with Gasteiger partial charge in [0.2, 0.25) is 10.0 Å². The van der Waals surface area contributed by atoms with Crippen molar-refractivity contribution >= 4 is 10.0 Å². The summed E-state index contributed by atoms with van der Waals surface area (Å²) in [5.74, 6) is 0.191. The Morgan fingerprint density at radius 1 is 1.26 bits per heavy atom. The number of hydrogen-bond donors (Lipinski definition) is 2. The minimum atomic E-state index is -3.16. The van der Waals surface area contributed by atoms with Gasteiger partial charge in [-0.05, 0) is 32.2 Å². The summed E-state index contributed by atoms with van der Waals surface area (Å²) in [7, 11) is -3.16. The van der Waals surface area contributed by atoms with Gasteiger partial charge in [0.25, 0.3) is 0 Å². The third kappa shape index (κ3) is 6.13. The van der Waals surface area contributed by atoms with E-state index in [-0.39, 0.29) is 5.75 Å². The van der Waals surface area contributed by atoms with Crippen molar-refractivity contribution in [2.75, 3.05) is 18.8 Å². The lowest BCUT2D eigenvalue weighted by Gasteiger charge is -2.07. The Labute approximate surface area is 113 Å². The van der Waals surface area contributed by atoms with Crippen molar-refractivity contribution in [3.63, 3.8) is 0 Å². The van der Waals surface area contributed by atoms with Crippen LogP contribution in [-0.2, 0) is 16.6 Å². The lowest BCUT2D eigenvalue weighted by Crippen LogP contribution is -2.30. The Balaban J connectivity index is 1.53. The van der Waals surface area contributed by atoms with Crippen LogP contribution in [0.2, 0.25) is 0 Å². The average Bonchev–Trinajstić information content (AvgIpc) is 3.04. The fourth-order valence-electron chi connectivity index (χ4n) is 1.75. The summed E-state index contributed by atoms with van der Waals surface area (Å²) in [6.45, 7) is 1.77. The van der Waals surface area contributed by atoms with Crippen LogP contribution in [0.1, 0.15) is 25.7 Å². The average molecular weight is 287 g/mol. The van der Waals surface area contributed by atoms with Crippen molar-refractivity contribution < 1.29 is 8.42 Å². The van der Waals surface area contributed by atoms with Crippen LogP contribution in [0.25, 0.3) is 0 Å². The van der Waals surface area contributed by atoms with Crippen molar-refractivity contribution in [3.8, 4) is 0 Å². The molecule has 0 radical (unpaired) electrons. The first-order valence-corrected chi connectivity index (χ1v) is 8.36. The van der Waals surface area contributed by atoms with Crippen LogP contribution >= 0.6 is 0 Å². The van der Waals surface area contributed by atoms with E-state index in [1.807, 2.05) is 0 Å². The number of rotatable bonds is 10. The zero-order valence-electron chi connectivity index (χ0n) is 11.0. The second kappa shape index (κ2) is 6.97. The van der Waals surface area contributed by atoms with Crippen LogP contribution in [0.5, 0.6) is 0 Å². The molecule has 19 heavy (non-hydrogen) atoms. The van der Waals surface area contributed by atoms with Crippen LogP contribution in [0.3, 0.4) is 0 Å². The summed E-state index contributed by atoms with van der Waals surface area (Å²) < 4.78 is 27.6. The van der Waals surface area contributed by atoms with Gasteiger partial charge in [0.05, 0.1) is 18.5 Å². The molecule has 1 saturated carbocycles. The van der Waals surface area contributed by atoms with E-state index in [2.05, 4.69) is 20.4 Å². The molecule has 0 atom stereocenters. The highest BCUT2D eigenvalue weighted by Crippen LogP contribution is 2.18.